The highest BCUT2D eigenvalue weighted by Gasteiger charge is 2.19. The summed E-state index contributed by atoms with van der Waals surface area (Å²) in [5.41, 5.74) is 2.05. The summed E-state index contributed by atoms with van der Waals surface area (Å²) in [6, 6.07) is 6.61. The maximum atomic E-state index is 12.0. The van der Waals surface area contributed by atoms with Crippen LogP contribution in [0.5, 0.6) is 0 Å². The molecule has 0 saturated heterocycles. The first-order valence-electron chi connectivity index (χ1n) is 6.79. The number of aromatic amines is 1. The number of carbonyl (C=O) groups is 1. The Morgan fingerprint density at radius 2 is 2.05 bits per heavy atom. The zero-order valence-electron chi connectivity index (χ0n) is 12.3. The van der Waals surface area contributed by atoms with Gasteiger partial charge in [0.2, 0.25) is 0 Å². The van der Waals surface area contributed by atoms with Gasteiger partial charge >= 0.3 is 0 Å². The van der Waals surface area contributed by atoms with Crippen molar-refractivity contribution in [2.45, 2.75) is 26.5 Å². The van der Waals surface area contributed by atoms with E-state index in [0.717, 1.165) is 0 Å². The third kappa shape index (κ3) is 3.37. The molecular formula is C16H17ClN2O3. The molecule has 5 nitrogen and oxygen atoms in total. The lowest BCUT2D eigenvalue weighted by atomic mass is 10.1. The topological polar surface area (TPSA) is 82.2 Å². The van der Waals surface area contributed by atoms with Crippen LogP contribution >= 0.6 is 11.6 Å². The maximum absolute atomic E-state index is 12.0. The highest BCUT2D eigenvalue weighted by Crippen LogP contribution is 2.22. The van der Waals surface area contributed by atoms with Crippen molar-refractivity contribution in [3.63, 3.8) is 0 Å². The van der Waals surface area contributed by atoms with Gasteiger partial charge in [-0.1, -0.05) is 29.8 Å². The van der Waals surface area contributed by atoms with Crippen molar-refractivity contribution in [1.82, 2.24) is 10.3 Å². The van der Waals surface area contributed by atoms with E-state index >= 15 is 0 Å². The molecule has 0 aliphatic carbocycles. The first-order chi connectivity index (χ1) is 10.4. The molecule has 0 aliphatic rings. The van der Waals surface area contributed by atoms with Gasteiger partial charge in [-0.15, -0.1) is 0 Å². The van der Waals surface area contributed by atoms with Gasteiger partial charge in [-0.05, 0) is 19.9 Å². The standard InChI is InChI=1S/C16H17ClN2O3/c1-9-7-18-13(10(2)14(9)20)8-19-16(22)15(21)11-5-3-4-6-12(11)17/h3-7,15,21H,8H2,1-2H3,(H,18,20)(H,19,22). The number of carbonyl (C=O) groups excluding carboxylic acids is 1. The van der Waals surface area contributed by atoms with Gasteiger partial charge in [-0.2, -0.15) is 0 Å². The molecule has 6 heteroatoms. The molecule has 3 N–H and O–H groups in total. The second kappa shape index (κ2) is 6.77. The number of halogens is 1. The molecule has 2 rings (SSSR count). The van der Waals surface area contributed by atoms with Crippen molar-refractivity contribution in [1.29, 1.82) is 0 Å². The lowest BCUT2D eigenvalue weighted by Crippen LogP contribution is -2.30. The minimum Gasteiger partial charge on any atom is -0.378 e. The van der Waals surface area contributed by atoms with Crippen LogP contribution in [-0.2, 0) is 11.3 Å². The fourth-order valence-corrected chi connectivity index (χ4v) is 2.33. The number of aliphatic hydroxyl groups is 1. The van der Waals surface area contributed by atoms with E-state index < -0.39 is 12.0 Å². The van der Waals surface area contributed by atoms with Gasteiger partial charge < -0.3 is 15.4 Å². The Morgan fingerprint density at radius 1 is 1.36 bits per heavy atom. The van der Waals surface area contributed by atoms with Gasteiger partial charge in [0, 0.05) is 33.6 Å². The number of hydrogen-bond acceptors (Lipinski definition) is 3. The summed E-state index contributed by atoms with van der Waals surface area (Å²) < 4.78 is 0. The number of rotatable bonds is 4. The van der Waals surface area contributed by atoms with E-state index in [9.17, 15) is 14.7 Å². The van der Waals surface area contributed by atoms with E-state index in [1.807, 2.05) is 0 Å². The normalized spacial score (nSPS) is 12.0. The Labute approximate surface area is 133 Å². The summed E-state index contributed by atoms with van der Waals surface area (Å²) in [5, 5.41) is 13.0. The van der Waals surface area contributed by atoms with Gasteiger partial charge in [0.25, 0.3) is 5.91 Å². The minimum absolute atomic E-state index is 0.0605. The zero-order valence-corrected chi connectivity index (χ0v) is 13.1. The first kappa shape index (κ1) is 16.3. The number of aliphatic hydroxyl groups excluding tert-OH is 1. The van der Waals surface area contributed by atoms with Crippen LogP contribution in [0, 0.1) is 13.8 Å². The van der Waals surface area contributed by atoms with E-state index in [0.29, 0.717) is 27.4 Å². The predicted octanol–water partition coefficient (Wildman–Crippen LogP) is 1.99. The molecule has 2 aromatic rings. The largest absolute Gasteiger partial charge is 0.378 e. The van der Waals surface area contributed by atoms with Crippen molar-refractivity contribution in [3.05, 3.63) is 68.1 Å². The molecule has 0 radical (unpaired) electrons. The fourth-order valence-electron chi connectivity index (χ4n) is 2.10. The molecule has 1 atom stereocenters. The summed E-state index contributed by atoms with van der Waals surface area (Å²) in [7, 11) is 0. The SMILES string of the molecule is Cc1c[nH]c(CNC(=O)C(O)c2ccccc2Cl)c(C)c1=O. The van der Waals surface area contributed by atoms with Gasteiger partial charge in [0.15, 0.2) is 11.5 Å². The highest BCUT2D eigenvalue weighted by molar-refractivity contribution is 6.31. The number of benzene rings is 1. The Morgan fingerprint density at radius 3 is 2.73 bits per heavy atom. The Kier molecular flexibility index (Phi) is 5.00. The van der Waals surface area contributed by atoms with Gasteiger partial charge in [0.1, 0.15) is 0 Å². The zero-order chi connectivity index (χ0) is 16.3. The molecule has 0 spiro atoms. The van der Waals surface area contributed by atoms with Gasteiger partial charge in [-0.3, -0.25) is 9.59 Å². The molecule has 0 fully saturated rings. The summed E-state index contributed by atoms with van der Waals surface area (Å²) in [5.74, 6) is -0.575. The van der Waals surface area contributed by atoms with Crippen molar-refractivity contribution in [2.75, 3.05) is 0 Å². The smallest absolute Gasteiger partial charge is 0.253 e. The first-order valence-corrected chi connectivity index (χ1v) is 7.17. The van der Waals surface area contributed by atoms with Crippen LogP contribution in [0.3, 0.4) is 0 Å². The van der Waals surface area contributed by atoms with Crippen molar-refractivity contribution < 1.29 is 9.90 Å². The molecule has 0 saturated carbocycles. The van der Waals surface area contributed by atoms with E-state index in [2.05, 4.69) is 10.3 Å². The highest BCUT2D eigenvalue weighted by atomic mass is 35.5. The monoisotopic (exact) mass is 320 g/mol. The second-order valence-electron chi connectivity index (χ2n) is 5.05. The molecule has 1 aromatic carbocycles. The third-order valence-corrected chi connectivity index (χ3v) is 3.85. The summed E-state index contributed by atoms with van der Waals surface area (Å²) >= 11 is 5.96. The second-order valence-corrected chi connectivity index (χ2v) is 5.45. The van der Waals surface area contributed by atoms with E-state index in [1.54, 1.807) is 44.3 Å². The summed E-state index contributed by atoms with van der Waals surface area (Å²) in [4.78, 5) is 26.8. The van der Waals surface area contributed by atoms with Crippen molar-refractivity contribution >= 4 is 17.5 Å². The number of H-pyrrole nitrogens is 1. The molecular weight excluding hydrogens is 304 g/mol. The van der Waals surface area contributed by atoms with Crippen LogP contribution in [0.2, 0.25) is 5.02 Å². The third-order valence-electron chi connectivity index (χ3n) is 3.50. The number of nitrogens with one attached hydrogen (secondary N) is 2. The number of aryl methyl sites for hydroxylation is 1. The van der Waals surface area contributed by atoms with Crippen LogP contribution in [-0.4, -0.2) is 16.0 Å². The minimum atomic E-state index is -1.36. The maximum Gasteiger partial charge on any atom is 0.253 e. The quantitative estimate of drug-likeness (QED) is 0.805. The Bertz CT molecular complexity index is 755. The summed E-state index contributed by atoms with van der Waals surface area (Å²) in [6.07, 6.45) is 0.243. The average Bonchev–Trinajstić information content (AvgIpc) is 2.51. The number of aromatic nitrogens is 1. The van der Waals surface area contributed by atoms with Crippen LogP contribution in [0.25, 0.3) is 0 Å². The molecule has 1 amide bonds. The predicted molar refractivity (Wildman–Crippen MR) is 84.8 cm³/mol. The molecule has 0 bridgehead atoms. The summed E-state index contributed by atoms with van der Waals surface area (Å²) in [6.45, 7) is 3.54. The number of hydrogen-bond donors (Lipinski definition) is 3. The lowest BCUT2D eigenvalue weighted by molar-refractivity contribution is -0.129. The lowest BCUT2D eigenvalue weighted by Gasteiger charge is -2.14. The molecule has 1 heterocycles. The average molecular weight is 321 g/mol. The van der Waals surface area contributed by atoms with E-state index in [-0.39, 0.29) is 12.0 Å². The molecule has 22 heavy (non-hydrogen) atoms. The molecule has 1 aromatic heterocycles. The molecule has 1 unspecified atom stereocenters. The Hall–Kier alpha value is -2.11. The fraction of sp³-hybridized carbons (Fsp3) is 0.250. The van der Waals surface area contributed by atoms with Gasteiger partial charge in [0.05, 0.1) is 6.54 Å². The van der Waals surface area contributed by atoms with E-state index in [1.165, 1.54) is 0 Å². The van der Waals surface area contributed by atoms with E-state index in [4.69, 9.17) is 11.6 Å². The van der Waals surface area contributed by atoms with Gasteiger partial charge in [-0.25, -0.2) is 0 Å². The molecule has 0 aliphatic heterocycles. The number of pyridine rings is 1. The van der Waals surface area contributed by atoms with Crippen molar-refractivity contribution in [3.8, 4) is 0 Å². The number of amides is 1. The molecule has 116 valence electrons. The van der Waals surface area contributed by atoms with Crippen molar-refractivity contribution in [2.24, 2.45) is 0 Å². The van der Waals surface area contributed by atoms with Crippen LogP contribution < -0.4 is 10.7 Å². The van der Waals surface area contributed by atoms with Crippen LogP contribution in [0.4, 0.5) is 0 Å². The van der Waals surface area contributed by atoms with Crippen LogP contribution in [0.1, 0.15) is 28.5 Å². The Balaban J connectivity index is 2.09. The van der Waals surface area contributed by atoms with Crippen LogP contribution in [0.15, 0.2) is 35.3 Å².